The summed E-state index contributed by atoms with van der Waals surface area (Å²) < 4.78 is 5.64. The molecule has 0 radical (unpaired) electrons. The van der Waals surface area contributed by atoms with Gasteiger partial charge in [0.25, 0.3) is 5.91 Å². The van der Waals surface area contributed by atoms with Gasteiger partial charge in [0, 0.05) is 11.3 Å². The van der Waals surface area contributed by atoms with Crippen LogP contribution in [0.5, 0.6) is 5.75 Å². The van der Waals surface area contributed by atoms with Crippen molar-refractivity contribution in [3.8, 4) is 16.9 Å². The Morgan fingerprint density at radius 3 is 2.24 bits per heavy atom. The van der Waals surface area contributed by atoms with Gasteiger partial charge in [0.1, 0.15) is 5.75 Å². The van der Waals surface area contributed by atoms with E-state index in [0.29, 0.717) is 5.75 Å². The Morgan fingerprint density at radius 1 is 0.880 bits per heavy atom. The lowest BCUT2D eigenvalue weighted by molar-refractivity contribution is -0.118. The maximum absolute atomic E-state index is 12.3. The van der Waals surface area contributed by atoms with Crippen LogP contribution in [0.1, 0.15) is 11.1 Å². The van der Waals surface area contributed by atoms with Crippen molar-refractivity contribution in [3.63, 3.8) is 0 Å². The highest BCUT2D eigenvalue weighted by Crippen LogP contribution is 2.27. The third-order valence-electron chi connectivity index (χ3n) is 3.85. The van der Waals surface area contributed by atoms with E-state index in [-0.39, 0.29) is 12.5 Å². The quantitative estimate of drug-likeness (QED) is 0.715. The van der Waals surface area contributed by atoms with E-state index in [1.807, 2.05) is 80.6 Å². The van der Waals surface area contributed by atoms with Gasteiger partial charge < -0.3 is 10.1 Å². The Balaban J connectivity index is 1.69. The molecule has 0 aliphatic carbocycles. The molecule has 3 nitrogen and oxygen atoms in total. The molecule has 126 valence electrons. The van der Waals surface area contributed by atoms with Crippen molar-refractivity contribution in [1.29, 1.82) is 0 Å². The predicted octanol–water partition coefficient (Wildman–Crippen LogP) is 4.99. The van der Waals surface area contributed by atoms with Crippen LogP contribution in [0.15, 0.2) is 72.8 Å². The first kappa shape index (κ1) is 16.8. The summed E-state index contributed by atoms with van der Waals surface area (Å²) in [6.45, 7) is 4.00. The second-order valence-electron chi connectivity index (χ2n) is 6.07. The van der Waals surface area contributed by atoms with E-state index in [2.05, 4.69) is 11.4 Å². The monoisotopic (exact) mass is 331 g/mol. The predicted molar refractivity (Wildman–Crippen MR) is 102 cm³/mol. The number of carbonyl (C=O) groups is 1. The Bertz CT molecular complexity index is 852. The smallest absolute Gasteiger partial charge is 0.262 e. The van der Waals surface area contributed by atoms with E-state index < -0.39 is 0 Å². The molecule has 0 spiro atoms. The zero-order chi connectivity index (χ0) is 17.6. The van der Waals surface area contributed by atoms with Crippen LogP contribution in [0.4, 0.5) is 5.69 Å². The van der Waals surface area contributed by atoms with Crippen LogP contribution in [0, 0.1) is 13.8 Å². The second kappa shape index (κ2) is 7.67. The fraction of sp³-hybridized carbons (Fsp3) is 0.136. The van der Waals surface area contributed by atoms with Gasteiger partial charge in [-0.3, -0.25) is 4.79 Å². The molecule has 0 atom stereocenters. The molecule has 3 aromatic rings. The molecule has 1 N–H and O–H groups in total. The Labute approximate surface area is 148 Å². The fourth-order valence-electron chi connectivity index (χ4n) is 2.81. The van der Waals surface area contributed by atoms with Gasteiger partial charge in [0.15, 0.2) is 6.61 Å². The van der Waals surface area contributed by atoms with E-state index >= 15 is 0 Å². The number of rotatable bonds is 5. The van der Waals surface area contributed by atoms with Crippen molar-refractivity contribution >= 4 is 11.6 Å². The number of aryl methyl sites for hydroxylation is 2. The van der Waals surface area contributed by atoms with Crippen LogP contribution in [0.3, 0.4) is 0 Å². The molecule has 3 rings (SSSR count). The van der Waals surface area contributed by atoms with Gasteiger partial charge in [-0.1, -0.05) is 54.6 Å². The second-order valence-corrected chi connectivity index (χ2v) is 6.07. The third kappa shape index (κ3) is 4.48. The molecule has 1 amide bonds. The van der Waals surface area contributed by atoms with E-state index in [0.717, 1.165) is 27.9 Å². The molecule has 0 unspecified atom stereocenters. The zero-order valence-electron chi connectivity index (χ0n) is 14.5. The van der Waals surface area contributed by atoms with E-state index in [4.69, 9.17) is 4.74 Å². The number of para-hydroxylation sites is 1. The summed E-state index contributed by atoms with van der Waals surface area (Å²) in [5.41, 5.74) is 5.06. The van der Waals surface area contributed by atoms with Crippen LogP contribution in [-0.4, -0.2) is 12.5 Å². The van der Waals surface area contributed by atoms with Crippen molar-refractivity contribution in [2.75, 3.05) is 11.9 Å². The highest BCUT2D eigenvalue weighted by atomic mass is 16.5. The molecule has 0 saturated heterocycles. The highest BCUT2D eigenvalue weighted by Gasteiger charge is 2.09. The van der Waals surface area contributed by atoms with Crippen molar-refractivity contribution < 1.29 is 9.53 Å². The lowest BCUT2D eigenvalue weighted by atomic mass is 10.0. The third-order valence-corrected chi connectivity index (χ3v) is 3.85. The first-order valence-corrected chi connectivity index (χ1v) is 8.27. The molecule has 3 aromatic carbocycles. The molecule has 0 heterocycles. The Hall–Kier alpha value is -3.07. The number of amides is 1. The molecular formula is C22H21NO2. The van der Waals surface area contributed by atoms with Gasteiger partial charge >= 0.3 is 0 Å². The van der Waals surface area contributed by atoms with E-state index in [9.17, 15) is 4.79 Å². The normalized spacial score (nSPS) is 10.3. The van der Waals surface area contributed by atoms with Crippen LogP contribution in [0.25, 0.3) is 11.1 Å². The minimum absolute atomic E-state index is 0.0218. The maximum Gasteiger partial charge on any atom is 0.262 e. The molecule has 0 saturated carbocycles. The molecule has 0 bridgehead atoms. The number of carbonyl (C=O) groups excluding carboxylic acids is 1. The average molecular weight is 331 g/mol. The van der Waals surface area contributed by atoms with Gasteiger partial charge in [-0.25, -0.2) is 0 Å². The topological polar surface area (TPSA) is 38.3 Å². The lowest BCUT2D eigenvalue weighted by Gasteiger charge is -2.12. The van der Waals surface area contributed by atoms with Crippen LogP contribution in [-0.2, 0) is 4.79 Å². The standard InChI is InChI=1S/C22H21NO2/c1-16-12-17(2)14-19(13-16)25-15-22(24)23-21-11-7-6-10-20(21)18-8-4-3-5-9-18/h3-14H,15H2,1-2H3,(H,23,24). The van der Waals surface area contributed by atoms with Gasteiger partial charge in [-0.15, -0.1) is 0 Å². The van der Waals surface area contributed by atoms with Crippen LogP contribution < -0.4 is 10.1 Å². The minimum Gasteiger partial charge on any atom is -0.484 e. The van der Waals surface area contributed by atoms with Crippen molar-refractivity contribution in [2.45, 2.75) is 13.8 Å². The van der Waals surface area contributed by atoms with Crippen LogP contribution in [0.2, 0.25) is 0 Å². The number of ether oxygens (including phenoxy) is 1. The van der Waals surface area contributed by atoms with Gasteiger partial charge in [0.2, 0.25) is 0 Å². The van der Waals surface area contributed by atoms with Crippen molar-refractivity contribution in [2.24, 2.45) is 0 Å². The summed E-state index contributed by atoms with van der Waals surface area (Å²) >= 11 is 0. The number of hydrogen-bond donors (Lipinski definition) is 1. The minimum atomic E-state index is -0.178. The van der Waals surface area contributed by atoms with Crippen molar-refractivity contribution in [1.82, 2.24) is 0 Å². The summed E-state index contributed by atoms with van der Waals surface area (Å²) in [7, 11) is 0. The number of nitrogens with one attached hydrogen (secondary N) is 1. The summed E-state index contributed by atoms with van der Waals surface area (Å²) in [4.78, 5) is 12.3. The SMILES string of the molecule is Cc1cc(C)cc(OCC(=O)Nc2ccccc2-c2ccccc2)c1. The van der Waals surface area contributed by atoms with Crippen molar-refractivity contribution in [3.05, 3.63) is 83.9 Å². The Morgan fingerprint density at radius 2 is 1.52 bits per heavy atom. The highest BCUT2D eigenvalue weighted by molar-refractivity contribution is 5.96. The molecule has 3 heteroatoms. The summed E-state index contributed by atoms with van der Waals surface area (Å²) in [5.74, 6) is 0.534. The number of anilines is 1. The molecule has 0 fully saturated rings. The molecule has 0 aromatic heterocycles. The lowest BCUT2D eigenvalue weighted by Crippen LogP contribution is -2.20. The first-order chi connectivity index (χ1) is 12.1. The van der Waals surface area contributed by atoms with Gasteiger partial charge in [-0.05, 0) is 48.7 Å². The van der Waals surface area contributed by atoms with Crippen LogP contribution >= 0.6 is 0 Å². The number of hydrogen-bond acceptors (Lipinski definition) is 2. The summed E-state index contributed by atoms with van der Waals surface area (Å²) in [5, 5.41) is 2.94. The van der Waals surface area contributed by atoms with Gasteiger partial charge in [0.05, 0.1) is 0 Å². The molecule has 25 heavy (non-hydrogen) atoms. The zero-order valence-corrected chi connectivity index (χ0v) is 14.5. The molecular weight excluding hydrogens is 310 g/mol. The molecule has 0 aliphatic rings. The largest absolute Gasteiger partial charge is 0.484 e. The summed E-state index contributed by atoms with van der Waals surface area (Å²) in [6.07, 6.45) is 0. The van der Waals surface area contributed by atoms with E-state index in [1.54, 1.807) is 0 Å². The fourth-order valence-corrected chi connectivity index (χ4v) is 2.81. The Kier molecular flexibility index (Phi) is 5.14. The average Bonchev–Trinajstić information content (AvgIpc) is 2.60. The van der Waals surface area contributed by atoms with E-state index in [1.165, 1.54) is 0 Å². The maximum atomic E-state index is 12.3. The summed E-state index contributed by atoms with van der Waals surface area (Å²) in [6, 6.07) is 23.7. The van der Waals surface area contributed by atoms with Gasteiger partial charge in [-0.2, -0.15) is 0 Å². The number of benzene rings is 3. The molecule has 0 aliphatic heterocycles. The first-order valence-electron chi connectivity index (χ1n) is 8.27.